The van der Waals surface area contributed by atoms with Gasteiger partial charge in [0, 0.05) is 0 Å². The molecule has 5 atom stereocenters. The van der Waals surface area contributed by atoms with Gasteiger partial charge in [-0.2, -0.15) is 0 Å². The van der Waals surface area contributed by atoms with E-state index >= 15 is 0 Å². The highest BCUT2D eigenvalue weighted by atomic mass is 16.6. The van der Waals surface area contributed by atoms with Crippen LogP contribution in [-0.4, -0.2) is 50.8 Å². The quantitative estimate of drug-likeness (QED) is 0.528. The maximum Gasteiger partial charge on any atom is 0.309 e. The fourth-order valence-corrected chi connectivity index (χ4v) is 2.09. The average Bonchev–Trinajstić information content (AvgIpc) is 2.76. The summed E-state index contributed by atoms with van der Waals surface area (Å²) >= 11 is 0. The Morgan fingerprint density at radius 2 is 1.79 bits per heavy atom. The van der Waals surface area contributed by atoms with Crippen LogP contribution in [0.4, 0.5) is 0 Å². The first kappa shape index (κ1) is 14.0. The number of rotatable bonds is 4. The van der Waals surface area contributed by atoms with Crippen LogP contribution in [0, 0.1) is 0 Å². The average molecular weight is 268 g/mol. The Labute approximate surface area is 109 Å². The molecule has 19 heavy (non-hydrogen) atoms. The van der Waals surface area contributed by atoms with E-state index in [9.17, 15) is 25.2 Å². The number of carbonyl (C=O) groups is 1. The molecule has 0 spiro atoms. The zero-order chi connectivity index (χ0) is 14.0. The van der Waals surface area contributed by atoms with Crippen molar-refractivity contribution in [3.05, 3.63) is 35.9 Å². The van der Waals surface area contributed by atoms with Gasteiger partial charge in [0.1, 0.15) is 24.4 Å². The smallest absolute Gasteiger partial charge is 0.309 e. The lowest BCUT2D eigenvalue weighted by atomic mass is 9.95. The van der Waals surface area contributed by atoms with Crippen molar-refractivity contribution in [3.63, 3.8) is 0 Å². The molecule has 1 aromatic rings. The minimum Gasteiger partial charge on any atom is -0.457 e. The number of benzene rings is 1. The summed E-state index contributed by atoms with van der Waals surface area (Å²) < 4.78 is 4.73. The summed E-state index contributed by atoms with van der Waals surface area (Å²) in [6.07, 6.45) is -7.08. The predicted molar refractivity (Wildman–Crippen MR) is 63.9 cm³/mol. The molecule has 1 saturated heterocycles. The Morgan fingerprint density at radius 3 is 2.32 bits per heavy atom. The zero-order valence-corrected chi connectivity index (χ0v) is 10.1. The molecule has 1 heterocycles. The van der Waals surface area contributed by atoms with Gasteiger partial charge in [-0.15, -0.1) is 0 Å². The Bertz CT molecular complexity index is 434. The molecule has 2 rings (SSSR count). The van der Waals surface area contributed by atoms with Crippen LogP contribution in [0.1, 0.15) is 18.1 Å². The fourth-order valence-electron chi connectivity index (χ4n) is 2.09. The number of cyclic esters (lactones) is 1. The third kappa shape index (κ3) is 2.93. The zero-order valence-electron chi connectivity index (χ0n) is 10.1. The summed E-state index contributed by atoms with van der Waals surface area (Å²) in [7, 11) is 0. The molecule has 0 unspecified atom stereocenters. The van der Waals surface area contributed by atoms with Gasteiger partial charge >= 0.3 is 5.97 Å². The molecule has 0 saturated carbocycles. The Balaban J connectivity index is 2.07. The first-order valence-electron chi connectivity index (χ1n) is 5.97. The molecule has 1 aliphatic heterocycles. The first-order valence-corrected chi connectivity index (χ1v) is 5.97. The Morgan fingerprint density at radius 1 is 1.16 bits per heavy atom. The molecular weight excluding hydrogens is 252 g/mol. The number of carbonyl (C=O) groups excluding carboxylic acids is 1. The van der Waals surface area contributed by atoms with Crippen molar-refractivity contribution >= 4 is 5.97 Å². The van der Waals surface area contributed by atoms with Crippen LogP contribution in [0.3, 0.4) is 0 Å². The Hall–Kier alpha value is -1.47. The minimum atomic E-state index is -1.56. The summed E-state index contributed by atoms with van der Waals surface area (Å²) in [5.41, 5.74) is 0.424. The summed E-state index contributed by atoms with van der Waals surface area (Å²) in [6, 6.07) is 8.31. The molecule has 0 amide bonds. The molecule has 4 N–H and O–H groups in total. The van der Waals surface area contributed by atoms with Gasteiger partial charge in [-0.3, -0.25) is 4.79 Å². The summed E-state index contributed by atoms with van der Waals surface area (Å²) in [6.45, 7) is 0. The van der Waals surface area contributed by atoms with Crippen molar-refractivity contribution in [1.82, 2.24) is 0 Å². The molecule has 0 aliphatic carbocycles. The highest BCUT2D eigenvalue weighted by Crippen LogP contribution is 2.25. The summed E-state index contributed by atoms with van der Waals surface area (Å²) in [5, 5.41) is 39.3. The van der Waals surface area contributed by atoms with E-state index in [-0.39, 0.29) is 6.42 Å². The Kier molecular flexibility index (Phi) is 4.16. The molecule has 0 radical (unpaired) electrons. The van der Waals surface area contributed by atoms with Crippen LogP contribution in [0.15, 0.2) is 30.3 Å². The van der Waals surface area contributed by atoms with Crippen molar-refractivity contribution in [2.45, 2.75) is 36.9 Å². The highest BCUT2D eigenvalue weighted by molar-refractivity contribution is 5.72. The van der Waals surface area contributed by atoms with Crippen molar-refractivity contribution < 1.29 is 30.0 Å². The summed E-state index contributed by atoms with van der Waals surface area (Å²) in [5.74, 6) is -0.641. The third-order valence-electron chi connectivity index (χ3n) is 3.17. The first-order chi connectivity index (χ1) is 9.00. The van der Waals surface area contributed by atoms with Crippen LogP contribution in [0.2, 0.25) is 0 Å². The number of hydrogen-bond donors (Lipinski definition) is 4. The van der Waals surface area contributed by atoms with E-state index in [1.165, 1.54) is 0 Å². The molecule has 0 bridgehead atoms. The lowest BCUT2D eigenvalue weighted by molar-refractivity contribution is -0.157. The normalized spacial score (nSPS) is 27.7. The van der Waals surface area contributed by atoms with Crippen LogP contribution < -0.4 is 0 Å². The van der Waals surface area contributed by atoms with Gasteiger partial charge in [0.05, 0.1) is 6.42 Å². The fraction of sp³-hybridized carbons (Fsp3) is 0.462. The lowest BCUT2D eigenvalue weighted by Gasteiger charge is -2.27. The third-order valence-corrected chi connectivity index (χ3v) is 3.17. The van der Waals surface area contributed by atoms with E-state index in [0.29, 0.717) is 5.56 Å². The minimum absolute atomic E-state index is 0.226. The van der Waals surface area contributed by atoms with Gasteiger partial charge < -0.3 is 25.2 Å². The van der Waals surface area contributed by atoms with Gasteiger partial charge in [0.2, 0.25) is 0 Å². The molecule has 1 aliphatic rings. The maximum atomic E-state index is 11.0. The van der Waals surface area contributed by atoms with Gasteiger partial charge in [-0.1, -0.05) is 30.3 Å². The molecule has 6 heteroatoms. The summed E-state index contributed by atoms with van der Waals surface area (Å²) in [4.78, 5) is 11.0. The number of hydrogen-bond acceptors (Lipinski definition) is 6. The number of ether oxygens (including phenoxy) is 1. The van der Waals surface area contributed by atoms with E-state index in [0.717, 1.165) is 0 Å². The second-order valence-corrected chi connectivity index (χ2v) is 4.56. The van der Waals surface area contributed by atoms with Crippen molar-refractivity contribution in [2.24, 2.45) is 0 Å². The lowest BCUT2D eigenvalue weighted by Crippen LogP contribution is -2.45. The topological polar surface area (TPSA) is 107 Å². The molecule has 1 aromatic carbocycles. The van der Waals surface area contributed by atoms with E-state index in [4.69, 9.17) is 4.74 Å². The van der Waals surface area contributed by atoms with Gasteiger partial charge in [0.25, 0.3) is 0 Å². The second-order valence-electron chi connectivity index (χ2n) is 4.56. The number of aliphatic hydroxyl groups excluding tert-OH is 4. The van der Waals surface area contributed by atoms with E-state index in [1.54, 1.807) is 30.3 Å². The predicted octanol–water partition coefficient (Wildman–Crippen LogP) is -0.882. The molecule has 6 nitrogen and oxygen atoms in total. The SMILES string of the molecule is O=C1C[C@H](O)[C@@H]([C@@H](O)[C@@H](O)[C@@H](O)c2ccccc2)O1. The van der Waals surface area contributed by atoms with Gasteiger partial charge in [0.15, 0.2) is 6.10 Å². The monoisotopic (exact) mass is 268 g/mol. The van der Waals surface area contributed by atoms with E-state index < -0.39 is 36.5 Å². The van der Waals surface area contributed by atoms with Crippen LogP contribution in [-0.2, 0) is 9.53 Å². The molecular formula is C13H16O6. The molecule has 0 aromatic heterocycles. The van der Waals surface area contributed by atoms with Crippen LogP contribution in [0.25, 0.3) is 0 Å². The van der Waals surface area contributed by atoms with Crippen molar-refractivity contribution in [3.8, 4) is 0 Å². The highest BCUT2D eigenvalue weighted by Gasteiger charge is 2.43. The van der Waals surface area contributed by atoms with Crippen molar-refractivity contribution in [2.75, 3.05) is 0 Å². The number of esters is 1. The standard InChI is InChI=1S/C13H16O6/c14-8-6-9(15)19-13(8)12(18)11(17)10(16)7-4-2-1-3-5-7/h1-5,8,10-14,16-18H,6H2/t8-,10-,11-,12-,13-/m0/s1. The maximum absolute atomic E-state index is 11.0. The second kappa shape index (κ2) is 5.66. The van der Waals surface area contributed by atoms with E-state index in [2.05, 4.69) is 0 Å². The van der Waals surface area contributed by atoms with Gasteiger partial charge in [-0.05, 0) is 5.56 Å². The molecule has 104 valence electrons. The van der Waals surface area contributed by atoms with Gasteiger partial charge in [-0.25, -0.2) is 0 Å². The van der Waals surface area contributed by atoms with E-state index in [1.807, 2.05) is 0 Å². The molecule has 1 fully saturated rings. The number of aliphatic hydroxyl groups is 4. The van der Waals surface area contributed by atoms with Crippen molar-refractivity contribution in [1.29, 1.82) is 0 Å². The largest absolute Gasteiger partial charge is 0.457 e. The van der Waals surface area contributed by atoms with Crippen LogP contribution >= 0.6 is 0 Å². The van der Waals surface area contributed by atoms with Crippen LogP contribution in [0.5, 0.6) is 0 Å².